The number of nitrogen functional groups attached to an aromatic ring is 1. The highest BCUT2D eigenvalue weighted by molar-refractivity contribution is 5.95. The van der Waals surface area contributed by atoms with E-state index in [0.717, 1.165) is 18.9 Å². The largest absolute Gasteiger partial charge is 0.573 e. The van der Waals surface area contributed by atoms with Crippen molar-refractivity contribution < 1.29 is 22.7 Å². The van der Waals surface area contributed by atoms with Gasteiger partial charge in [-0.1, -0.05) is 13.3 Å². The molecule has 1 aliphatic heterocycles. The van der Waals surface area contributed by atoms with Crippen molar-refractivity contribution in [3.63, 3.8) is 0 Å². The molecule has 1 unspecified atom stereocenters. The predicted molar refractivity (Wildman–Crippen MR) is 71.8 cm³/mol. The molecule has 0 saturated carbocycles. The lowest BCUT2D eigenvalue weighted by Gasteiger charge is -2.17. The maximum absolute atomic E-state index is 12.3. The van der Waals surface area contributed by atoms with Crippen LogP contribution < -0.4 is 10.5 Å². The molecular weight excluding hydrogens is 285 g/mol. The zero-order chi connectivity index (χ0) is 15.6. The van der Waals surface area contributed by atoms with E-state index >= 15 is 0 Å². The summed E-state index contributed by atoms with van der Waals surface area (Å²) in [6.45, 7) is 3.41. The van der Waals surface area contributed by atoms with E-state index in [1.54, 1.807) is 4.90 Å². The molecule has 1 aromatic rings. The Morgan fingerprint density at radius 2 is 2.19 bits per heavy atom. The monoisotopic (exact) mass is 302 g/mol. The van der Waals surface area contributed by atoms with Gasteiger partial charge in [0.15, 0.2) is 5.75 Å². The summed E-state index contributed by atoms with van der Waals surface area (Å²) < 4.78 is 40.2. The van der Waals surface area contributed by atoms with Gasteiger partial charge in [-0.15, -0.1) is 13.2 Å². The topological polar surface area (TPSA) is 55.6 Å². The van der Waals surface area contributed by atoms with E-state index in [0.29, 0.717) is 19.0 Å². The van der Waals surface area contributed by atoms with Gasteiger partial charge in [-0.2, -0.15) is 0 Å². The van der Waals surface area contributed by atoms with E-state index in [-0.39, 0.29) is 17.2 Å². The highest BCUT2D eigenvalue weighted by Gasteiger charge is 2.32. The summed E-state index contributed by atoms with van der Waals surface area (Å²) in [6, 6.07) is 3.60. The molecule has 1 aliphatic rings. The lowest BCUT2D eigenvalue weighted by molar-refractivity contribution is -0.274. The molecule has 1 fully saturated rings. The van der Waals surface area contributed by atoms with Crippen molar-refractivity contribution >= 4 is 11.6 Å². The zero-order valence-corrected chi connectivity index (χ0v) is 11.6. The SMILES string of the molecule is CCC1CCN(C(=O)c2ccc(OC(F)(F)F)c(N)c2)C1. The molecule has 1 heterocycles. The molecule has 1 atom stereocenters. The highest BCUT2D eigenvalue weighted by Crippen LogP contribution is 2.30. The Kier molecular flexibility index (Phi) is 4.29. The fraction of sp³-hybridized carbons (Fsp3) is 0.500. The Morgan fingerprint density at radius 3 is 2.71 bits per heavy atom. The first-order valence-electron chi connectivity index (χ1n) is 6.74. The first-order chi connectivity index (χ1) is 9.80. The van der Waals surface area contributed by atoms with Crippen LogP contribution in [0.4, 0.5) is 18.9 Å². The predicted octanol–water partition coefficient (Wildman–Crippen LogP) is 3.04. The number of rotatable bonds is 3. The summed E-state index contributed by atoms with van der Waals surface area (Å²) in [5.41, 5.74) is 5.60. The minimum atomic E-state index is -4.80. The third-order valence-corrected chi connectivity index (χ3v) is 3.63. The van der Waals surface area contributed by atoms with Crippen molar-refractivity contribution in [3.8, 4) is 5.75 Å². The number of amides is 1. The average Bonchev–Trinajstić information content (AvgIpc) is 2.87. The van der Waals surface area contributed by atoms with Crippen molar-refractivity contribution in [2.75, 3.05) is 18.8 Å². The number of halogens is 3. The van der Waals surface area contributed by atoms with Crippen LogP contribution in [0, 0.1) is 5.92 Å². The molecule has 116 valence electrons. The summed E-state index contributed by atoms with van der Waals surface area (Å²) in [4.78, 5) is 14.0. The number of nitrogens with two attached hydrogens (primary N) is 1. The van der Waals surface area contributed by atoms with Crippen molar-refractivity contribution in [1.82, 2.24) is 4.90 Å². The highest BCUT2D eigenvalue weighted by atomic mass is 19.4. The lowest BCUT2D eigenvalue weighted by atomic mass is 10.1. The summed E-state index contributed by atoms with van der Waals surface area (Å²) in [7, 11) is 0. The van der Waals surface area contributed by atoms with Gasteiger partial charge in [0.1, 0.15) is 0 Å². The number of hydrogen-bond donors (Lipinski definition) is 1. The van der Waals surface area contributed by atoms with Crippen LogP contribution in [0.15, 0.2) is 18.2 Å². The minimum Gasteiger partial charge on any atom is -0.404 e. The number of carbonyl (C=O) groups is 1. The second kappa shape index (κ2) is 5.83. The van der Waals surface area contributed by atoms with Gasteiger partial charge in [0, 0.05) is 18.7 Å². The Hall–Kier alpha value is -1.92. The van der Waals surface area contributed by atoms with Crippen LogP contribution in [0.25, 0.3) is 0 Å². The minimum absolute atomic E-state index is 0.204. The van der Waals surface area contributed by atoms with Crippen LogP contribution in [-0.4, -0.2) is 30.3 Å². The maximum Gasteiger partial charge on any atom is 0.573 e. The van der Waals surface area contributed by atoms with E-state index in [9.17, 15) is 18.0 Å². The molecule has 1 saturated heterocycles. The van der Waals surface area contributed by atoms with E-state index in [1.165, 1.54) is 12.1 Å². The Morgan fingerprint density at radius 1 is 1.48 bits per heavy atom. The molecule has 0 bridgehead atoms. The number of likely N-dealkylation sites (tertiary alicyclic amines) is 1. The van der Waals surface area contributed by atoms with Crippen molar-refractivity contribution in [2.24, 2.45) is 5.92 Å². The fourth-order valence-corrected chi connectivity index (χ4v) is 2.43. The first-order valence-corrected chi connectivity index (χ1v) is 6.74. The number of carbonyl (C=O) groups excluding carboxylic acids is 1. The molecule has 1 amide bonds. The number of benzene rings is 1. The zero-order valence-electron chi connectivity index (χ0n) is 11.6. The maximum atomic E-state index is 12.3. The van der Waals surface area contributed by atoms with Gasteiger partial charge in [0.25, 0.3) is 5.91 Å². The standard InChI is InChI=1S/C14H17F3N2O2/c1-2-9-5-6-19(8-9)13(20)10-3-4-12(11(18)7-10)21-14(15,16)17/h3-4,7,9H,2,5-6,8,18H2,1H3. The van der Waals surface area contributed by atoms with Crippen LogP contribution in [0.2, 0.25) is 0 Å². The van der Waals surface area contributed by atoms with Gasteiger partial charge >= 0.3 is 6.36 Å². The van der Waals surface area contributed by atoms with Gasteiger partial charge < -0.3 is 15.4 Å². The molecule has 0 radical (unpaired) electrons. The Labute approximate surface area is 120 Å². The molecule has 2 rings (SSSR count). The molecule has 0 spiro atoms. The molecule has 2 N–H and O–H groups in total. The summed E-state index contributed by atoms with van der Waals surface area (Å²) >= 11 is 0. The lowest BCUT2D eigenvalue weighted by Crippen LogP contribution is -2.28. The van der Waals surface area contributed by atoms with Crippen LogP contribution >= 0.6 is 0 Å². The summed E-state index contributed by atoms with van der Waals surface area (Å²) in [5.74, 6) is -0.220. The normalized spacial score (nSPS) is 18.9. The van der Waals surface area contributed by atoms with E-state index < -0.39 is 12.1 Å². The van der Waals surface area contributed by atoms with E-state index in [4.69, 9.17) is 5.73 Å². The van der Waals surface area contributed by atoms with Crippen molar-refractivity contribution in [3.05, 3.63) is 23.8 Å². The molecule has 21 heavy (non-hydrogen) atoms. The van der Waals surface area contributed by atoms with Gasteiger partial charge in [-0.05, 0) is 30.5 Å². The third-order valence-electron chi connectivity index (χ3n) is 3.63. The molecule has 0 aromatic heterocycles. The third kappa shape index (κ3) is 3.80. The Bertz CT molecular complexity index is 531. The smallest absolute Gasteiger partial charge is 0.404 e. The van der Waals surface area contributed by atoms with Gasteiger partial charge in [0.05, 0.1) is 5.69 Å². The van der Waals surface area contributed by atoms with E-state index in [1.807, 2.05) is 0 Å². The number of hydrogen-bond acceptors (Lipinski definition) is 3. The molecule has 7 heteroatoms. The van der Waals surface area contributed by atoms with Gasteiger partial charge in [0.2, 0.25) is 0 Å². The average molecular weight is 302 g/mol. The van der Waals surface area contributed by atoms with E-state index in [2.05, 4.69) is 11.7 Å². The fourth-order valence-electron chi connectivity index (χ4n) is 2.43. The van der Waals surface area contributed by atoms with Crippen LogP contribution in [0.1, 0.15) is 30.1 Å². The summed E-state index contributed by atoms with van der Waals surface area (Å²) in [5, 5.41) is 0. The van der Waals surface area contributed by atoms with Crippen molar-refractivity contribution in [2.45, 2.75) is 26.1 Å². The number of nitrogens with zero attached hydrogens (tertiary/aromatic N) is 1. The quantitative estimate of drug-likeness (QED) is 0.873. The number of alkyl halides is 3. The van der Waals surface area contributed by atoms with Crippen LogP contribution in [0.3, 0.4) is 0 Å². The number of anilines is 1. The second-order valence-electron chi connectivity index (χ2n) is 5.11. The summed E-state index contributed by atoms with van der Waals surface area (Å²) in [6.07, 6.45) is -2.85. The Balaban J connectivity index is 2.11. The molecule has 4 nitrogen and oxygen atoms in total. The number of ether oxygens (including phenoxy) is 1. The van der Waals surface area contributed by atoms with Crippen LogP contribution in [-0.2, 0) is 0 Å². The van der Waals surface area contributed by atoms with Crippen molar-refractivity contribution in [1.29, 1.82) is 0 Å². The molecule has 1 aromatic carbocycles. The van der Waals surface area contributed by atoms with Gasteiger partial charge in [-0.25, -0.2) is 0 Å². The molecular formula is C14H17F3N2O2. The molecule has 0 aliphatic carbocycles. The second-order valence-corrected chi connectivity index (χ2v) is 5.11. The van der Waals surface area contributed by atoms with Gasteiger partial charge in [-0.3, -0.25) is 4.79 Å². The first kappa shape index (κ1) is 15.5. The van der Waals surface area contributed by atoms with Crippen LogP contribution in [0.5, 0.6) is 5.75 Å².